The highest BCUT2D eigenvalue weighted by molar-refractivity contribution is 7.80. The number of nitrogens with two attached hydrogens (primary N) is 1. The molecule has 15 heavy (non-hydrogen) atoms. The quantitative estimate of drug-likeness (QED) is 0.627. The number of nitrogens with one attached hydrogen (secondary N) is 1. The number of hydrogen-bond donors (Lipinski definition) is 2. The summed E-state index contributed by atoms with van der Waals surface area (Å²) in [6.45, 7) is 5.38. The maximum absolute atomic E-state index is 11.2. The average molecular weight is 231 g/mol. The van der Waals surface area contributed by atoms with Gasteiger partial charge in [-0.05, 0) is 20.9 Å². The van der Waals surface area contributed by atoms with Crippen molar-refractivity contribution in [2.75, 3.05) is 20.1 Å². The normalized spacial score (nSPS) is 12.5. The lowest BCUT2D eigenvalue weighted by Crippen LogP contribution is -2.35. The standard InChI is InChI=1S/C10H21N3OS/c1-4-12-10(14)5-6-13(3)8(2)7-9(11)15/h8H,4-7H2,1-3H3,(H2,11,15)(H,12,14). The van der Waals surface area contributed by atoms with E-state index in [4.69, 9.17) is 18.0 Å². The average Bonchev–Trinajstić information content (AvgIpc) is 2.13. The van der Waals surface area contributed by atoms with Gasteiger partial charge < -0.3 is 16.0 Å². The Labute approximate surface area is 97.2 Å². The van der Waals surface area contributed by atoms with Gasteiger partial charge in [0.2, 0.25) is 5.91 Å². The summed E-state index contributed by atoms with van der Waals surface area (Å²) >= 11 is 4.84. The van der Waals surface area contributed by atoms with Crippen molar-refractivity contribution in [2.45, 2.75) is 32.7 Å². The molecule has 0 bridgehead atoms. The Bertz CT molecular complexity index is 221. The van der Waals surface area contributed by atoms with Gasteiger partial charge in [-0.15, -0.1) is 0 Å². The molecular weight excluding hydrogens is 210 g/mol. The van der Waals surface area contributed by atoms with E-state index in [1.165, 1.54) is 0 Å². The molecule has 0 aromatic carbocycles. The van der Waals surface area contributed by atoms with Gasteiger partial charge in [-0.25, -0.2) is 0 Å². The summed E-state index contributed by atoms with van der Waals surface area (Å²) in [7, 11) is 1.97. The molecule has 0 saturated heterocycles. The number of amides is 1. The Kier molecular flexibility index (Phi) is 7.25. The fourth-order valence-corrected chi connectivity index (χ4v) is 1.47. The number of rotatable bonds is 7. The van der Waals surface area contributed by atoms with Crippen molar-refractivity contribution in [1.82, 2.24) is 10.2 Å². The topological polar surface area (TPSA) is 58.4 Å². The van der Waals surface area contributed by atoms with Gasteiger partial charge in [0.05, 0.1) is 4.99 Å². The van der Waals surface area contributed by atoms with E-state index in [1.54, 1.807) is 0 Å². The minimum Gasteiger partial charge on any atom is -0.393 e. The van der Waals surface area contributed by atoms with Crippen molar-refractivity contribution in [3.63, 3.8) is 0 Å². The number of carbonyl (C=O) groups excluding carboxylic acids is 1. The molecule has 0 aliphatic carbocycles. The first-order valence-corrected chi connectivity index (χ1v) is 5.63. The van der Waals surface area contributed by atoms with Crippen molar-refractivity contribution in [3.8, 4) is 0 Å². The summed E-state index contributed by atoms with van der Waals surface area (Å²) in [6.07, 6.45) is 1.22. The van der Waals surface area contributed by atoms with E-state index in [2.05, 4.69) is 17.1 Å². The van der Waals surface area contributed by atoms with Crippen molar-refractivity contribution >= 4 is 23.1 Å². The number of hydrogen-bond acceptors (Lipinski definition) is 3. The summed E-state index contributed by atoms with van der Waals surface area (Å²) in [6, 6.07) is 0.289. The monoisotopic (exact) mass is 231 g/mol. The first kappa shape index (κ1) is 14.3. The third kappa shape index (κ3) is 7.27. The predicted molar refractivity (Wildman–Crippen MR) is 66.8 cm³/mol. The van der Waals surface area contributed by atoms with Crippen LogP contribution in [0.2, 0.25) is 0 Å². The molecule has 1 atom stereocenters. The predicted octanol–water partition coefficient (Wildman–Crippen LogP) is 0.509. The molecule has 0 radical (unpaired) electrons. The summed E-state index contributed by atoms with van der Waals surface area (Å²) < 4.78 is 0. The zero-order valence-corrected chi connectivity index (χ0v) is 10.6. The van der Waals surface area contributed by atoms with Crippen LogP contribution < -0.4 is 11.1 Å². The fourth-order valence-electron chi connectivity index (χ4n) is 1.23. The first-order chi connectivity index (χ1) is 6.97. The van der Waals surface area contributed by atoms with Gasteiger partial charge in [-0.1, -0.05) is 12.2 Å². The van der Waals surface area contributed by atoms with Crippen LogP contribution >= 0.6 is 12.2 Å². The van der Waals surface area contributed by atoms with Gasteiger partial charge in [-0.2, -0.15) is 0 Å². The van der Waals surface area contributed by atoms with Crippen molar-refractivity contribution in [2.24, 2.45) is 5.73 Å². The Morgan fingerprint density at radius 1 is 1.60 bits per heavy atom. The zero-order chi connectivity index (χ0) is 11.8. The second kappa shape index (κ2) is 7.59. The van der Waals surface area contributed by atoms with Crippen LogP contribution in [0.25, 0.3) is 0 Å². The molecule has 0 aliphatic heterocycles. The third-order valence-electron chi connectivity index (χ3n) is 2.31. The molecule has 0 aliphatic rings. The SMILES string of the molecule is CCNC(=O)CCN(C)C(C)CC(N)=S. The van der Waals surface area contributed by atoms with E-state index < -0.39 is 0 Å². The van der Waals surface area contributed by atoms with Crippen LogP contribution in [-0.4, -0.2) is 42.0 Å². The summed E-state index contributed by atoms with van der Waals surface area (Å²) in [4.78, 5) is 13.8. The zero-order valence-electron chi connectivity index (χ0n) is 9.75. The smallest absolute Gasteiger partial charge is 0.221 e. The van der Waals surface area contributed by atoms with Gasteiger partial charge in [0, 0.05) is 32.0 Å². The van der Waals surface area contributed by atoms with Crippen LogP contribution in [0.3, 0.4) is 0 Å². The fraction of sp³-hybridized carbons (Fsp3) is 0.800. The van der Waals surface area contributed by atoms with E-state index in [1.807, 2.05) is 14.0 Å². The molecule has 1 unspecified atom stereocenters. The molecule has 4 nitrogen and oxygen atoms in total. The van der Waals surface area contributed by atoms with E-state index in [9.17, 15) is 4.79 Å². The molecule has 0 aromatic heterocycles. The lowest BCUT2D eigenvalue weighted by molar-refractivity contribution is -0.121. The highest BCUT2D eigenvalue weighted by atomic mass is 32.1. The van der Waals surface area contributed by atoms with E-state index >= 15 is 0 Å². The molecule has 0 fully saturated rings. The van der Waals surface area contributed by atoms with Crippen LogP contribution in [0, 0.1) is 0 Å². The minimum atomic E-state index is 0.0897. The molecule has 88 valence electrons. The van der Waals surface area contributed by atoms with Gasteiger partial charge in [0.15, 0.2) is 0 Å². The van der Waals surface area contributed by atoms with E-state index in [-0.39, 0.29) is 11.9 Å². The van der Waals surface area contributed by atoms with Crippen LogP contribution in [-0.2, 0) is 4.79 Å². The second-order valence-corrected chi connectivity index (χ2v) is 4.23. The van der Waals surface area contributed by atoms with Gasteiger partial charge in [0.1, 0.15) is 0 Å². The summed E-state index contributed by atoms with van der Waals surface area (Å²) in [5.41, 5.74) is 5.46. The van der Waals surface area contributed by atoms with Crippen LogP contribution in [0.15, 0.2) is 0 Å². The Balaban J connectivity index is 3.77. The van der Waals surface area contributed by atoms with Crippen molar-refractivity contribution in [1.29, 1.82) is 0 Å². The minimum absolute atomic E-state index is 0.0897. The molecule has 0 aromatic rings. The molecule has 1 amide bonds. The molecule has 0 rings (SSSR count). The van der Waals surface area contributed by atoms with E-state index in [0.29, 0.717) is 24.4 Å². The first-order valence-electron chi connectivity index (χ1n) is 5.22. The molecule has 5 heteroatoms. The van der Waals surface area contributed by atoms with Crippen LogP contribution in [0.1, 0.15) is 26.7 Å². The van der Waals surface area contributed by atoms with Gasteiger partial charge >= 0.3 is 0 Å². The van der Waals surface area contributed by atoms with Crippen molar-refractivity contribution in [3.05, 3.63) is 0 Å². The molecular formula is C10H21N3OS. The Morgan fingerprint density at radius 3 is 2.67 bits per heavy atom. The Morgan fingerprint density at radius 2 is 2.20 bits per heavy atom. The highest BCUT2D eigenvalue weighted by Crippen LogP contribution is 2.01. The van der Waals surface area contributed by atoms with Crippen LogP contribution in [0.5, 0.6) is 0 Å². The van der Waals surface area contributed by atoms with Crippen LogP contribution in [0.4, 0.5) is 0 Å². The molecule has 3 N–H and O–H groups in total. The number of thiocarbonyl (C=S) groups is 1. The second-order valence-electron chi connectivity index (χ2n) is 3.70. The molecule has 0 spiro atoms. The lowest BCUT2D eigenvalue weighted by Gasteiger charge is -2.23. The summed E-state index contributed by atoms with van der Waals surface area (Å²) in [5.74, 6) is 0.0897. The number of carbonyl (C=O) groups is 1. The van der Waals surface area contributed by atoms with Gasteiger partial charge in [0.25, 0.3) is 0 Å². The Hall–Kier alpha value is -0.680. The third-order valence-corrected chi connectivity index (χ3v) is 2.48. The molecule has 0 heterocycles. The molecule has 0 saturated carbocycles. The maximum atomic E-state index is 11.2. The lowest BCUT2D eigenvalue weighted by atomic mass is 10.2. The maximum Gasteiger partial charge on any atom is 0.221 e. The van der Waals surface area contributed by atoms with E-state index in [0.717, 1.165) is 6.54 Å². The number of nitrogens with zero attached hydrogens (tertiary/aromatic N) is 1. The largest absolute Gasteiger partial charge is 0.393 e. The van der Waals surface area contributed by atoms with Crippen molar-refractivity contribution < 1.29 is 4.79 Å². The van der Waals surface area contributed by atoms with Gasteiger partial charge in [-0.3, -0.25) is 4.79 Å². The summed E-state index contributed by atoms with van der Waals surface area (Å²) in [5, 5.41) is 2.76. The highest BCUT2D eigenvalue weighted by Gasteiger charge is 2.11.